The number of rotatable bonds is 6. The van der Waals surface area contributed by atoms with Gasteiger partial charge in [-0.15, -0.1) is 0 Å². The molecule has 0 rings (SSSR count). The number of hydrogen-bond acceptors (Lipinski definition) is 2. The van der Waals surface area contributed by atoms with Gasteiger partial charge in [0.25, 0.3) is 0 Å². The van der Waals surface area contributed by atoms with Crippen LogP contribution >= 0.6 is 0 Å². The lowest BCUT2D eigenvalue weighted by molar-refractivity contribution is -0.873. The Balaban J connectivity index is 3.97. The van der Waals surface area contributed by atoms with Crippen LogP contribution in [-0.2, 0) is 9.47 Å². The molecule has 0 bridgehead atoms. The Kier molecular flexibility index (Phi) is 5.03. The maximum absolute atomic E-state index is 5.34. The summed E-state index contributed by atoms with van der Waals surface area (Å²) >= 11 is 0. The summed E-state index contributed by atoms with van der Waals surface area (Å²) in [5.41, 5.74) is 0. The third kappa shape index (κ3) is 6.61. The molecule has 1 unspecified atom stereocenters. The fourth-order valence-corrected chi connectivity index (χ4v) is 1.17. The van der Waals surface area contributed by atoms with E-state index in [9.17, 15) is 0 Å². The molecule has 0 saturated heterocycles. The second-order valence-electron chi connectivity index (χ2n) is 4.28. The maximum Gasteiger partial charge on any atom is 0.113 e. The van der Waals surface area contributed by atoms with Gasteiger partial charge in [0.05, 0.1) is 34.0 Å². The highest BCUT2D eigenvalue weighted by Gasteiger charge is 2.18. The number of methoxy groups -OCH3 is 2. The van der Waals surface area contributed by atoms with Gasteiger partial charge in [0.1, 0.15) is 12.6 Å². The summed E-state index contributed by atoms with van der Waals surface area (Å²) in [6.45, 7) is 4.74. The molecular weight excluding hydrogens is 166 g/mol. The van der Waals surface area contributed by atoms with Crippen molar-refractivity contribution in [3.05, 3.63) is 12.3 Å². The third-order valence-corrected chi connectivity index (χ3v) is 1.83. The van der Waals surface area contributed by atoms with E-state index in [0.717, 1.165) is 23.2 Å². The SMILES string of the molecule is C=C(CC(C[N+](C)(C)C)OC)OC. The number of ether oxygens (including phenoxy) is 2. The number of quaternary nitrogens is 1. The predicted molar refractivity (Wildman–Crippen MR) is 54.5 cm³/mol. The van der Waals surface area contributed by atoms with Crippen molar-refractivity contribution in [1.29, 1.82) is 0 Å². The molecule has 13 heavy (non-hydrogen) atoms. The molecule has 0 radical (unpaired) electrons. The molecule has 0 N–H and O–H groups in total. The predicted octanol–water partition coefficient (Wildman–Crippen LogP) is 1.26. The summed E-state index contributed by atoms with van der Waals surface area (Å²) in [6.07, 6.45) is 0.954. The van der Waals surface area contributed by atoms with E-state index in [2.05, 4.69) is 27.7 Å². The Morgan fingerprint density at radius 3 is 2.15 bits per heavy atom. The summed E-state index contributed by atoms with van der Waals surface area (Å²) < 4.78 is 11.2. The van der Waals surface area contributed by atoms with Gasteiger partial charge in [-0.2, -0.15) is 0 Å². The minimum absolute atomic E-state index is 0.187. The molecule has 0 aliphatic rings. The zero-order chi connectivity index (χ0) is 10.5. The van der Waals surface area contributed by atoms with Crippen molar-refractivity contribution in [1.82, 2.24) is 0 Å². The maximum atomic E-state index is 5.34. The number of hydrogen-bond donors (Lipinski definition) is 0. The van der Waals surface area contributed by atoms with Crippen LogP contribution in [0.2, 0.25) is 0 Å². The van der Waals surface area contributed by atoms with Gasteiger partial charge in [-0.25, -0.2) is 0 Å². The first-order valence-electron chi connectivity index (χ1n) is 4.44. The lowest BCUT2D eigenvalue weighted by Gasteiger charge is -2.28. The summed E-state index contributed by atoms with van der Waals surface area (Å²) in [4.78, 5) is 0. The second-order valence-corrected chi connectivity index (χ2v) is 4.28. The second kappa shape index (κ2) is 5.25. The Morgan fingerprint density at radius 2 is 1.85 bits per heavy atom. The average Bonchev–Trinajstić information content (AvgIpc) is 2.00. The van der Waals surface area contributed by atoms with E-state index in [1.165, 1.54) is 0 Å². The molecule has 0 amide bonds. The molecule has 0 saturated carbocycles. The van der Waals surface area contributed by atoms with Crippen molar-refractivity contribution in [3.8, 4) is 0 Å². The van der Waals surface area contributed by atoms with E-state index in [-0.39, 0.29) is 6.10 Å². The largest absolute Gasteiger partial charge is 0.502 e. The molecule has 0 aromatic heterocycles. The van der Waals surface area contributed by atoms with Gasteiger partial charge in [0.2, 0.25) is 0 Å². The molecule has 0 spiro atoms. The van der Waals surface area contributed by atoms with Crippen molar-refractivity contribution in [2.24, 2.45) is 0 Å². The zero-order valence-electron chi connectivity index (χ0n) is 9.46. The minimum atomic E-state index is 0.187. The summed E-state index contributed by atoms with van der Waals surface area (Å²) in [6, 6.07) is 0. The van der Waals surface area contributed by atoms with Gasteiger partial charge in [0, 0.05) is 13.5 Å². The molecule has 3 heteroatoms. The lowest BCUT2D eigenvalue weighted by Crippen LogP contribution is -2.42. The van der Waals surface area contributed by atoms with Crippen LogP contribution in [0.1, 0.15) is 6.42 Å². The van der Waals surface area contributed by atoms with Gasteiger partial charge in [-0.05, 0) is 0 Å². The fourth-order valence-electron chi connectivity index (χ4n) is 1.17. The van der Waals surface area contributed by atoms with Crippen molar-refractivity contribution in [2.75, 3.05) is 41.9 Å². The van der Waals surface area contributed by atoms with Crippen LogP contribution in [0.4, 0.5) is 0 Å². The highest BCUT2D eigenvalue weighted by molar-refractivity contribution is 4.85. The van der Waals surface area contributed by atoms with Crippen LogP contribution in [0, 0.1) is 0 Å². The van der Waals surface area contributed by atoms with Crippen LogP contribution in [0.15, 0.2) is 12.3 Å². The van der Waals surface area contributed by atoms with Crippen LogP contribution in [0.5, 0.6) is 0 Å². The summed E-state index contributed by atoms with van der Waals surface area (Å²) in [5, 5.41) is 0. The van der Waals surface area contributed by atoms with E-state index in [4.69, 9.17) is 9.47 Å². The average molecular weight is 188 g/mol. The number of nitrogens with zero attached hydrogens (tertiary/aromatic N) is 1. The van der Waals surface area contributed by atoms with Gasteiger partial charge in [0.15, 0.2) is 0 Å². The van der Waals surface area contributed by atoms with Gasteiger partial charge in [-0.1, -0.05) is 6.58 Å². The van der Waals surface area contributed by atoms with E-state index >= 15 is 0 Å². The van der Waals surface area contributed by atoms with Crippen LogP contribution in [0.25, 0.3) is 0 Å². The molecule has 0 heterocycles. The summed E-state index contributed by atoms with van der Waals surface area (Å²) in [5.74, 6) is 0.778. The van der Waals surface area contributed by atoms with Crippen LogP contribution in [-0.4, -0.2) is 52.5 Å². The fraction of sp³-hybridized carbons (Fsp3) is 0.800. The Morgan fingerprint density at radius 1 is 1.31 bits per heavy atom. The molecule has 0 aliphatic carbocycles. The topological polar surface area (TPSA) is 18.5 Å². The van der Waals surface area contributed by atoms with Crippen LogP contribution in [0.3, 0.4) is 0 Å². The van der Waals surface area contributed by atoms with E-state index < -0.39 is 0 Å². The molecule has 0 aromatic rings. The molecular formula is C10H22NO2+. The standard InChI is InChI=1S/C10H22NO2/c1-9(12-5)7-10(13-6)8-11(2,3)4/h10H,1,7-8H2,2-6H3/q+1. The zero-order valence-corrected chi connectivity index (χ0v) is 9.46. The lowest BCUT2D eigenvalue weighted by atomic mass is 10.2. The van der Waals surface area contributed by atoms with Gasteiger partial charge < -0.3 is 14.0 Å². The first kappa shape index (κ1) is 12.5. The van der Waals surface area contributed by atoms with Crippen LogP contribution < -0.4 is 0 Å². The van der Waals surface area contributed by atoms with E-state index in [1.54, 1.807) is 14.2 Å². The number of likely N-dealkylation sites (N-methyl/N-ethyl adjacent to an activating group) is 1. The van der Waals surface area contributed by atoms with Gasteiger partial charge >= 0.3 is 0 Å². The Labute approximate surface area is 81.5 Å². The summed E-state index contributed by atoms with van der Waals surface area (Å²) in [7, 11) is 9.79. The van der Waals surface area contributed by atoms with Crippen molar-refractivity contribution in [2.45, 2.75) is 12.5 Å². The monoisotopic (exact) mass is 188 g/mol. The molecule has 3 nitrogen and oxygen atoms in total. The smallest absolute Gasteiger partial charge is 0.113 e. The molecule has 1 atom stereocenters. The Bertz CT molecular complexity index is 161. The third-order valence-electron chi connectivity index (χ3n) is 1.83. The van der Waals surface area contributed by atoms with Crippen molar-refractivity contribution >= 4 is 0 Å². The first-order valence-corrected chi connectivity index (χ1v) is 4.44. The Hall–Kier alpha value is -0.540. The normalized spacial score (nSPS) is 13.9. The van der Waals surface area contributed by atoms with Gasteiger partial charge in [-0.3, -0.25) is 0 Å². The molecule has 0 aromatic carbocycles. The van der Waals surface area contributed by atoms with E-state index in [0.29, 0.717) is 0 Å². The highest BCUT2D eigenvalue weighted by Crippen LogP contribution is 2.09. The quantitative estimate of drug-likeness (QED) is 0.461. The van der Waals surface area contributed by atoms with Crippen molar-refractivity contribution < 1.29 is 14.0 Å². The van der Waals surface area contributed by atoms with Crippen molar-refractivity contribution in [3.63, 3.8) is 0 Å². The minimum Gasteiger partial charge on any atom is -0.502 e. The van der Waals surface area contributed by atoms with E-state index in [1.807, 2.05) is 0 Å². The molecule has 0 fully saturated rings. The highest BCUT2D eigenvalue weighted by atomic mass is 16.5. The molecule has 78 valence electrons. The first-order chi connectivity index (χ1) is 5.89. The molecule has 0 aliphatic heterocycles.